The summed E-state index contributed by atoms with van der Waals surface area (Å²) in [5, 5.41) is 19.5. The number of aliphatic hydroxyl groups excluding tert-OH is 2. The van der Waals surface area contributed by atoms with E-state index in [0.717, 1.165) is 19.5 Å². The first-order valence-electron chi connectivity index (χ1n) is 6.45. The molecule has 0 radical (unpaired) electrons. The third-order valence-corrected chi connectivity index (χ3v) is 3.38. The standard InChI is InChI=1S/C12H26N2O2/c1-4-12(13-8-6-5-7-9-13)14(10(2)15)11(3)16/h10-12,15-16H,4-9H2,1-3H3. The molecular weight excluding hydrogens is 204 g/mol. The number of likely N-dealkylation sites (tertiary alicyclic amines) is 1. The maximum Gasteiger partial charge on any atom is 0.107 e. The van der Waals surface area contributed by atoms with E-state index in [1.807, 2.05) is 0 Å². The van der Waals surface area contributed by atoms with E-state index in [1.54, 1.807) is 18.7 Å². The second kappa shape index (κ2) is 6.55. The highest BCUT2D eigenvalue weighted by Gasteiger charge is 2.30. The summed E-state index contributed by atoms with van der Waals surface area (Å²) in [6.45, 7) is 7.71. The van der Waals surface area contributed by atoms with Gasteiger partial charge in [-0.15, -0.1) is 0 Å². The Morgan fingerprint density at radius 1 is 1.06 bits per heavy atom. The molecule has 0 aromatic heterocycles. The van der Waals surface area contributed by atoms with Gasteiger partial charge in [-0.3, -0.25) is 4.90 Å². The van der Waals surface area contributed by atoms with Crippen LogP contribution in [0.5, 0.6) is 0 Å². The van der Waals surface area contributed by atoms with Gasteiger partial charge in [-0.05, 0) is 46.2 Å². The van der Waals surface area contributed by atoms with Gasteiger partial charge in [0.2, 0.25) is 0 Å². The summed E-state index contributed by atoms with van der Waals surface area (Å²) in [7, 11) is 0. The van der Waals surface area contributed by atoms with Crippen LogP contribution in [0.15, 0.2) is 0 Å². The number of hydrogen-bond acceptors (Lipinski definition) is 4. The summed E-state index contributed by atoms with van der Waals surface area (Å²) >= 11 is 0. The highest BCUT2D eigenvalue weighted by atomic mass is 16.3. The maximum atomic E-state index is 9.75. The van der Waals surface area contributed by atoms with Gasteiger partial charge in [0.25, 0.3) is 0 Å². The second-order valence-corrected chi connectivity index (χ2v) is 4.70. The van der Waals surface area contributed by atoms with Crippen LogP contribution in [0.4, 0.5) is 0 Å². The van der Waals surface area contributed by atoms with Crippen LogP contribution >= 0.6 is 0 Å². The van der Waals surface area contributed by atoms with E-state index in [4.69, 9.17) is 0 Å². The molecule has 0 bridgehead atoms. The molecule has 1 aliphatic rings. The largest absolute Gasteiger partial charge is 0.379 e. The molecule has 1 saturated heterocycles. The Balaban J connectivity index is 2.68. The highest BCUT2D eigenvalue weighted by molar-refractivity contribution is 4.76. The molecule has 4 nitrogen and oxygen atoms in total. The van der Waals surface area contributed by atoms with Crippen molar-refractivity contribution in [2.24, 2.45) is 0 Å². The van der Waals surface area contributed by atoms with E-state index in [-0.39, 0.29) is 6.17 Å². The Bertz CT molecular complexity index is 183. The van der Waals surface area contributed by atoms with Gasteiger partial charge < -0.3 is 10.2 Å². The minimum Gasteiger partial charge on any atom is -0.379 e. The molecule has 0 saturated carbocycles. The predicted octanol–water partition coefficient (Wildman–Crippen LogP) is 1.19. The molecule has 96 valence electrons. The number of rotatable bonds is 5. The zero-order valence-electron chi connectivity index (χ0n) is 10.8. The van der Waals surface area contributed by atoms with Crippen molar-refractivity contribution in [3.63, 3.8) is 0 Å². The third kappa shape index (κ3) is 3.42. The van der Waals surface area contributed by atoms with Crippen molar-refractivity contribution >= 4 is 0 Å². The summed E-state index contributed by atoms with van der Waals surface area (Å²) in [5.41, 5.74) is 0. The Hall–Kier alpha value is -0.160. The normalized spacial score (nSPS) is 24.4. The molecule has 0 aliphatic carbocycles. The van der Waals surface area contributed by atoms with Gasteiger partial charge >= 0.3 is 0 Å². The molecule has 3 unspecified atom stereocenters. The van der Waals surface area contributed by atoms with E-state index in [1.165, 1.54) is 19.3 Å². The molecular formula is C12H26N2O2. The van der Waals surface area contributed by atoms with Gasteiger partial charge in [0.05, 0.1) is 6.17 Å². The smallest absolute Gasteiger partial charge is 0.107 e. The topological polar surface area (TPSA) is 46.9 Å². The monoisotopic (exact) mass is 230 g/mol. The van der Waals surface area contributed by atoms with E-state index in [0.29, 0.717) is 0 Å². The van der Waals surface area contributed by atoms with Crippen molar-refractivity contribution in [2.45, 2.75) is 65.1 Å². The lowest BCUT2D eigenvalue weighted by Crippen LogP contribution is -2.56. The van der Waals surface area contributed by atoms with E-state index in [9.17, 15) is 10.2 Å². The molecule has 4 heteroatoms. The fourth-order valence-corrected chi connectivity index (χ4v) is 2.68. The van der Waals surface area contributed by atoms with Crippen molar-refractivity contribution in [1.82, 2.24) is 9.80 Å². The predicted molar refractivity (Wildman–Crippen MR) is 64.7 cm³/mol. The molecule has 0 aromatic carbocycles. The lowest BCUT2D eigenvalue weighted by atomic mass is 10.1. The molecule has 1 fully saturated rings. The zero-order valence-corrected chi connectivity index (χ0v) is 10.8. The fourth-order valence-electron chi connectivity index (χ4n) is 2.68. The Morgan fingerprint density at radius 3 is 1.94 bits per heavy atom. The number of aliphatic hydroxyl groups is 2. The summed E-state index contributed by atoms with van der Waals surface area (Å²) < 4.78 is 0. The molecule has 1 rings (SSSR count). The molecule has 3 atom stereocenters. The van der Waals surface area contributed by atoms with E-state index in [2.05, 4.69) is 11.8 Å². The quantitative estimate of drug-likeness (QED) is 0.696. The molecule has 0 aromatic rings. The van der Waals surface area contributed by atoms with Crippen molar-refractivity contribution in [2.75, 3.05) is 13.1 Å². The van der Waals surface area contributed by atoms with Crippen LogP contribution in [0.3, 0.4) is 0 Å². The van der Waals surface area contributed by atoms with Gasteiger partial charge in [0.1, 0.15) is 12.5 Å². The van der Waals surface area contributed by atoms with E-state index >= 15 is 0 Å². The SMILES string of the molecule is CCC(N1CCCCC1)N(C(C)O)C(C)O. The minimum atomic E-state index is -0.605. The average molecular weight is 230 g/mol. The first-order chi connectivity index (χ1) is 7.57. The van der Waals surface area contributed by atoms with Crippen LogP contribution in [0.1, 0.15) is 46.5 Å². The minimum absolute atomic E-state index is 0.153. The van der Waals surface area contributed by atoms with E-state index < -0.39 is 12.5 Å². The third-order valence-electron chi connectivity index (χ3n) is 3.38. The number of hydrogen-bond donors (Lipinski definition) is 2. The van der Waals surface area contributed by atoms with Crippen LogP contribution in [-0.4, -0.2) is 51.7 Å². The number of nitrogens with zero attached hydrogens (tertiary/aromatic N) is 2. The Labute approximate surface area is 98.9 Å². The van der Waals surface area contributed by atoms with Crippen LogP contribution < -0.4 is 0 Å². The van der Waals surface area contributed by atoms with Gasteiger partial charge in [-0.1, -0.05) is 13.3 Å². The fraction of sp³-hybridized carbons (Fsp3) is 1.00. The zero-order chi connectivity index (χ0) is 12.1. The van der Waals surface area contributed by atoms with Crippen molar-refractivity contribution in [3.8, 4) is 0 Å². The summed E-state index contributed by atoms with van der Waals surface area (Å²) in [6, 6.07) is 0. The Morgan fingerprint density at radius 2 is 1.56 bits per heavy atom. The van der Waals surface area contributed by atoms with Gasteiger partial charge in [0, 0.05) is 0 Å². The van der Waals surface area contributed by atoms with Gasteiger partial charge in [0.15, 0.2) is 0 Å². The Kier molecular flexibility index (Phi) is 5.69. The van der Waals surface area contributed by atoms with Crippen LogP contribution in [-0.2, 0) is 0 Å². The first kappa shape index (κ1) is 13.9. The van der Waals surface area contributed by atoms with Crippen molar-refractivity contribution in [1.29, 1.82) is 0 Å². The molecule has 16 heavy (non-hydrogen) atoms. The molecule has 0 spiro atoms. The first-order valence-corrected chi connectivity index (χ1v) is 6.45. The van der Waals surface area contributed by atoms with Crippen molar-refractivity contribution in [3.05, 3.63) is 0 Å². The number of piperidine rings is 1. The van der Waals surface area contributed by atoms with Crippen molar-refractivity contribution < 1.29 is 10.2 Å². The lowest BCUT2D eigenvalue weighted by Gasteiger charge is -2.43. The summed E-state index contributed by atoms with van der Waals surface area (Å²) in [5.74, 6) is 0. The lowest BCUT2D eigenvalue weighted by molar-refractivity contribution is -0.149. The molecule has 1 aliphatic heterocycles. The van der Waals surface area contributed by atoms with Crippen LogP contribution in [0.2, 0.25) is 0 Å². The molecule has 2 N–H and O–H groups in total. The summed E-state index contributed by atoms with van der Waals surface area (Å²) in [6.07, 6.45) is 3.62. The van der Waals surface area contributed by atoms with Gasteiger partial charge in [-0.25, -0.2) is 4.90 Å². The maximum absolute atomic E-state index is 9.75. The van der Waals surface area contributed by atoms with Crippen LogP contribution in [0, 0.1) is 0 Å². The van der Waals surface area contributed by atoms with Crippen LogP contribution in [0.25, 0.3) is 0 Å². The highest BCUT2D eigenvalue weighted by Crippen LogP contribution is 2.20. The average Bonchev–Trinajstić information content (AvgIpc) is 2.25. The van der Waals surface area contributed by atoms with Gasteiger partial charge in [-0.2, -0.15) is 0 Å². The molecule has 1 heterocycles. The second-order valence-electron chi connectivity index (χ2n) is 4.70. The summed E-state index contributed by atoms with van der Waals surface area (Å²) in [4.78, 5) is 4.16. The molecule has 0 amide bonds.